The highest BCUT2D eigenvalue weighted by Gasteiger charge is 2.06. The van der Waals surface area contributed by atoms with Crippen LogP contribution < -0.4 is 11.3 Å². The number of halogens is 1. The fourth-order valence-electron chi connectivity index (χ4n) is 1.03. The standard InChI is InChI=1S/C6H12N4.ClH/c7-5-8-10-9-6-3-1-2-4-6;/h5,10H,1-4H2,(H2,7,8);1H. The summed E-state index contributed by atoms with van der Waals surface area (Å²) in [4.78, 5) is 0. The van der Waals surface area contributed by atoms with Gasteiger partial charge in [0.25, 0.3) is 0 Å². The summed E-state index contributed by atoms with van der Waals surface area (Å²) in [5.41, 5.74) is 8.70. The first-order chi connectivity index (χ1) is 4.93. The maximum Gasteiger partial charge on any atom is 0.108 e. The number of hydrazone groups is 2. The normalized spacial score (nSPS) is 16.5. The molecule has 0 bridgehead atoms. The minimum atomic E-state index is 0. The molecule has 1 aliphatic rings. The van der Waals surface area contributed by atoms with Crippen molar-refractivity contribution in [3.05, 3.63) is 0 Å². The molecule has 0 saturated heterocycles. The van der Waals surface area contributed by atoms with Gasteiger partial charge in [0.1, 0.15) is 6.34 Å². The monoisotopic (exact) mass is 176 g/mol. The average Bonchev–Trinajstić information content (AvgIpc) is 2.41. The van der Waals surface area contributed by atoms with Crippen LogP contribution in [0.15, 0.2) is 10.2 Å². The van der Waals surface area contributed by atoms with Crippen LogP contribution in [0.5, 0.6) is 0 Å². The molecule has 1 rings (SSSR count). The van der Waals surface area contributed by atoms with Gasteiger partial charge in [-0.05, 0) is 25.7 Å². The predicted octanol–water partition coefficient (Wildman–Crippen LogP) is 0.830. The third-order valence-electron chi connectivity index (χ3n) is 1.52. The molecule has 3 N–H and O–H groups in total. The van der Waals surface area contributed by atoms with Crippen LogP contribution in [0.4, 0.5) is 0 Å². The highest BCUT2D eigenvalue weighted by Crippen LogP contribution is 2.13. The number of nitrogens with zero attached hydrogens (tertiary/aromatic N) is 2. The fourth-order valence-corrected chi connectivity index (χ4v) is 1.03. The topological polar surface area (TPSA) is 62.8 Å². The van der Waals surface area contributed by atoms with Gasteiger partial charge in [-0.25, -0.2) is 0 Å². The van der Waals surface area contributed by atoms with E-state index in [0.717, 1.165) is 12.8 Å². The second-order valence-corrected chi connectivity index (χ2v) is 2.26. The van der Waals surface area contributed by atoms with Gasteiger partial charge >= 0.3 is 0 Å². The smallest absolute Gasteiger partial charge is 0.108 e. The molecule has 0 heterocycles. The molecule has 0 aromatic rings. The Bertz CT molecular complexity index is 147. The Morgan fingerprint density at radius 1 is 1.36 bits per heavy atom. The lowest BCUT2D eigenvalue weighted by Crippen LogP contribution is -2.03. The van der Waals surface area contributed by atoms with E-state index >= 15 is 0 Å². The zero-order chi connectivity index (χ0) is 7.23. The van der Waals surface area contributed by atoms with Crippen molar-refractivity contribution in [2.75, 3.05) is 0 Å². The number of nitrogens with one attached hydrogen (secondary N) is 1. The van der Waals surface area contributed by atoms with Crippen molar-refractivity contribution in [2.45, 2.75) is 25.7 Å². The highest BCUT2D eigenvalue weighted by atomic mass is 35.5. The summed E-state index contributed by atoms with van der Waals surface area (Å²) in [7, 11) is 0. The van der Waals surface area contributed by atoms with Crippen molar-refractivity contribution in [2.24, 2.45) is 15.9 Å². The summed E-state index contributed by atoms with van der Waals surface area (Å²) in [6, 6.07) is 0. The number of nitrogens with two attached hydrogens (primary N) is 1. The third-order valence-corrected chi connectivity index (χ3v) is 1.52. The average molecular weight is 177 g/mol. The summed E-state index contributed by atoms with van der Waals surface area (Å²) in [5, 5.41) is 7.55. The lowest BCUT2D eigenvalue weighted by molar-refractivity contribution is 0.804. The van der Waals surface area contributed by atoms with Crippen molar-refractivity contribution in [1.82, 2.24) is 5.53 Å². The number of hydrogen-bond donors (Lipinski definition) is 2. The molecule has 0 radical (unpaired) electrons. The van der Waals surface area contributed by atoms with Crippen molar-refractivity contribution in [3.63, 3.8) is 0 Å². The van der Waals surface area contributed by atoms with Gasteiger partial charge in [-0.2, -0.15) is 10.6 Å². The van der Waals surface area contributed by atoms with Gasteiger partial charge in [-0.15, -0.1) is 17.5 Å². The zero-order valence-electron chi connectivity index (χ0n) is 6.29. The van der Waals surface area contributed by atoms with Gasteiger partial charge in [-0.1, -0.05) is 0 Å². The second kappa shape index (κ2) is 5.97. The molecule has 0 aromatic carbocycles. The third kappa shape index (κ3) is 3.83. The van der Waals surface area contributed by atoms with E-state index in [9.17, 15) is 0 Å². The van der Waals surface area contributed by atoms with Crippen LogP contribution in [0.25, 0.3) is 0 Å². The largest absolute Gasteiger partial charge is 0.388 e. The lowest BCUT2D eigenvalue weighted by Gasteiger charge is -1.91. The number of rotatable bonds is 2. The molecule has 0 atom stereocenters. The molecular formula is C6H13ClN4. The molecule has 0 aromatic heterocycles. The molecule has 0 aliphatic heterocycles. The first-order valence-electron chi connectivity index (χ1n) is 3.47. The minimum Gasteiger partial charge on any atom is -0.388 e. The van der Waals surface area contributed by atoms with Crippen molar-refractivity contribution >= 4 is 24.5 Å². The molecule has 11 heavy (non-hydrogen) atoms. The van der Waals surface area contributed by atoms with Crippen LogP contribution in [0, 0.1) is 0 Å². The van der Waals surface area contributed by atoms with E-state index in [2.05, 4.69) is 15.7 Å². The predicted molar refractivity (Wildman–Crippen MR) is 49.0 cm³/mol. The Morgan fingerprint density at radius 2 is 2.00 bits per heavy atom. The number of hydrogen-bond acceptors (Lipinski definition) is 3. The SMILES string of the molecule is Cl.NC=NNN=C1CCCC1. The van der Waals surface area contributed by atoms with E-state index in [-0.39, 0.29) is 12.4 Å². The lowest BCUT2D eigenvalue weighted by atomic mass is 10.3. The fraction of sp³-hybridized carbons (Fsp3) is 0.667. The minimum absolute atomic E-state index is 0. The van der Waals surface area contributed by atoms with E-state index in [1.165, 1.54) is 24.9 Å². The van der Waals surface area contributed by atoms with Crippen LogP contribution in [-0.4, -0.2) is 12.1 Å². The van der Waals surface area contributed by atoms with E-state index in [0.29, 0.717) is 0 Å². The van der Waals surface area contributed by atoms with E-state index in [4.69, 9.17) is 5.73 Å². The van der Waals surface area contributed by atoms with E-state index < -0.39 is 0 Å². The van der Waals surface area contributed by atoms with Crippen LogP contribution >= 0.6 is 12.4 Å². The molecule has 0 amide bonds. The Balaban J connectivity index is 0.000001000. The van der Waals surface area contributed by atoms with Crippen LogP contribution in [-0.2, 0) is 0 Å². The Morgan fingerprint density at radius 3 is 2.55 bits per heavy atom. The van der Waals surface area contributed by atoms with Gasteiger partial charge in [0, 0.05) is 5.71 Å². The Kier molecular flexibility index (Phi) is 5.56. The zero-order valence-corrected chi connectivity index (χ0v) is 7.10. The van der Waals surface area contributed by atoms with Crippen molar-refractivity contribution < 1.29 is 0 Å². The van der Waals surface area contributed by atoms with Gasteiger partial charge in [-0.3, -0.25) is 0 Å². The summed E-state index contributed by atoms with van der Waals surface area (Å²) < 4.78 is 0. The molecule has 64 valence electrons. The van der Waals surface area contributed by atoms with Gasteiger partial charge in [0.15, 0.2) is 0 Å². The molecule has 1 saturated carbocycles. The Hall–Kier alpha value is -0.770. The van der Waals surface area contributed by atoms with Gasteiger partial charge < -0.3 is 5.73 Å². The first-order valence-corrected chi connectivity index (χ1v) is 3.47. The maximum atomic E-state index is 4.99. The first kappa shape index (κ1) is 10.2. The molecule has 4 nitrogen and oxygen atoms in total. The van der Waals surface area contributed by atoms with Crippen LogP contribution in [0.3, 0.4) is 0 Å². The van der Waals surface area contributed by atoms with Gasteiger partial charge in [0.05, 0.1) is 0 Å². The van der Waals surface area contributed by atoms with Gasteiger partial charge in [0.2, 0.25) is 0 Å². The Labute approximate surface area is 72.3 Å². The molecule has 1 fully saturated rings. The van der Waals surface area contributed by atoms with Crippen LogP contribution in [0.1, 0.15) is 25.7 Å². The van der Waals surface area contributed by atoms with Crippen molar-refractivity contribution in [1.29, 1.82) is 0 Å². The van der Waals surface area contributed by atoms with E-state index in [1.807, 2.05) is 0 Å². The van der Waals surface area contributed by atoms with Crippen LogP contribution in [0.2, 0.25) is 0 Å². The molecular weight excluding hydrogens is 164 g/mol. The summed E-state index contributed by atoms with van der Waals surface area (Å²) in [6.07, 6.45) is 5.92. The van der Waals surface area contributed by atoms with E-state index in [1.54, 1.807) is 0 Å². The molecule has 1 aliphatic carbocycles. The summed E-state index contributed by atoms with van der Waals surface area (Å²) in [5.74, 6) is 0. The quantitative estimate of drug-likeness (QED) is 0.372. The molecule has 0 spiro atoms. The highest BCUT2D eigenvalue weighted by molar-refractivity contribution is 5.86. The van der Waals surface area contributed by atoms with Crippen molar-refractivity contribution in [3.8, 4) is 0 Å². The molecule has 5 heteroatoms. The summed E-state index contributed by atoms with van der Waals surface area (Å²) >= 11 is 0. The maximum absolute atomic E-state index is 4.99. The molecule has 0 unspecified atom stereocenters. The second-order valence-electron chi connectivity index (χ2n) is 2.26. The summed E-state index contributed by atoms with van der Waals surface area (Å²) in [6.45, 7) is 0.